The number of rotatable bonds is 6. The first kappa shape index (κ1) is 20.5. The van der Waals surface area contributed by atoms with E-state index in [1.54, 1.807) is 42.5 Å². The highest BCUT2D eigenvalue weighted by atomic mass is 16.5. The number of nitrogens with two attached hydrogens (primary N) is 1. The van der Waals surface area contributed by atoms with Crippen LogP contribution in [0.5, 0.6) is 5.75 Å². The molecule has 1 amide bonds. The van der Waals surface area contributed by atoms with Crippen LogP contribution in [-0.4, -0.2) is 49.6 Å². The Balaban J connectivity index is 1.48. The van der Waals surface area contributed by atoms with Gasteiger partial charge in [-0.15, -0.1) is 0 Å². The van der Waals surface area contributed by atoms with Gasteiger partial charge in [0.2, 0.25) is 0 Å². The number of carbonyl (C=O) groups excluding carboxylic acids is 1. The van der Waals surface area contributed by atoms with E-state index in [9.17, 15) is 4.79 Å². The van der Waals surface area contributed by atoms with Gasteiger partial charge in [-0.25, -0.2) is 9.97 Å². The van der Waals surface area contributed by atoms with E-state index in [0.29, 0.717) is 41.6 Å². The fourth-order valence-corrected chi connectivity index (χ4v) is 3.90. The van der Waals surface area contributed by atoms with Crippen molar-refractivity contribution in [2.45, 2.75) is 13.5 Å². The number of amides is 1. The number of aromatic amines is 2. The second-order valence-electron chi connectivity index (χ2n) is 7.64. The van der Waals surface area contributed by atoms with Gasteiger partial charge in [0.1, 0.15) is 17.1 Å². The van der Waals surface area contributed by atoms with Crippen molar-refractivity contribution in [2.24, 2.45) is 0 Å². The second kappa shape index (κ2) is 8.27. The van der Waals surface area contributed by atoms with E-state index in [4.69, 9.17) is 10.5 Å². The van der Waals surface area contributed by atoms with Crippen molar-refractivity contribution >= 4 is 33.7 Å². The summed E-state index contributed by atoms with van der Waals surface area (Å²) in [6.45, 7) is 2.79. The van der Waals surface area contributed by atoms with E-state index in [1.165, 1.54) is 0 Å². The molecule has 3 aromatic heterocycles. The summed E-state index contributed by atoms with van der Waals surface area (Å²) < 4.78 is 5.18. The van der Waals surface area contributed by atoms with Gasteiger partial charge in [0.25, 0.3) is 5.91 Å². The molecule has 5 aromatic rings. The van der Waals surface area contributed by atoms with Crippen molar-refractivity contribution in [3.63, 3.8) is 0 Å². The zero-order chi connectivity index (χ0) is 22.9. The summed E-state index contributed by atoms with van der Waals surface area (Å²) in [5.74, 6) is 1.60. The molecule has 0 saturated heterocycles. The van der Waals surface area contributed by atoms with Crippen molar-refractivity contribution in [3.8, 4) is 17.0 Å². The van der Waals surface area contributed by atoms with Gasteiger partial charge in [0.15, 0.2) is 5.82 Å². The van der Waals surface area contributed by atoms with Gasteiger partial charge in [-0.2, -0.15) is 5.10 Å². The van der Waals surface area contributed by atoms with Crippen molar-refractivity contribution in [3.05, 3.63) is 66.1 Å². The highest BCUT2D eigenvalue weighted by Gasteiger charge is 2.18. The van der Waals surface area contributed by atoms with Crippen LogP contribution >= 0.6 is 0 Å². The van der Waals surface area contributed by atoms with Gasteiger partial charge in [0.05, 0.1) is 30.4 Å². The average Bonchev–Trinajstić information content (AvgIpc) is 3.53. The highest BCUT2D eigenvalue weighted by molar-refractivity contribution is 6.07. The molecule has 0 saturated carbocycles. The largest absolute Gasteiger partial charge is 0.497 e. The quantitative estimate of drug-likeness (QED) is 0.368. The molecule has 0 bridgehead atoms. The Kier molecular flexibility index (Phi) is 5.14. The normalized spacial score (nSPS) is 11.2. The molecule has 0 radical (unpaired) electrons. The van der Waals surface area contributed by atoms with E-state index in [1.807, 2.05) is 31.2 Å². The fraction of sp³-hybridized carbons (Fsp3) is 0.167. The first-order chi connectivity index (χ1) is 16.1. The molecule has 0 fully saturated rings. The lowest BCUT2D eigenvalue weighted by Gasteiger charge is -2.19. The zero-order valence-corrected chi connectivity index (χ0v) is 18.3. The molecule has 33 heavy (non-hydrogen) atoms. The number of imidazole rings is 1. The lowest BCUT2D eigenvalue weighted by Crippen LogP contribution is -2.30. The minimum atomic E-state index is -0.0831. The van der Waals surface area contributed by atoms with E-state index >= 15 is 0 Å². The predicted molar refractivity (Wildman–Crippen MR) is 127 cm³/mol. The van der Waals surface area contributed by atoms with Crippen LogP contribution < -0.4 is 10.5 Å². The van der Waals surface area contributed by atoms with Crippen LogP contribution in [0.1, 0.15) is 23.1 Å². The van der Waals surface area contributed by atoms with Crippen molar-refractivity contribution in [1.29, 1.82) is 0 Å². The van der Waals surface area contributed by atoms with Gasteiger partial charge in [0, 0.05) is 29.3 Å². The molecule has 3 heterocycles. The molecule has 0 unspecified atom stereocenters. The molecule has 2 aromatic carbocycles. The molecule has 166 valence electrons. The number of H-pyrrole nitrogens is 2. The molecule has 0 aliphatic heterocycles. The van der Waals surface area contributed by atoms with Crippen LogP contribution in [0.25, 0.3) is 33.2 Å². The average molecular weight is 441 g/mol. The summed E-state index contributed by atoms with van der Waals surface area (Å²) in [6, 6.07) is 14.9. The molecule has 0 aliphatic carbocycles. The maximum Gasteiger partial charge on any atom is 0.254 e. The molecule has 9 nitrogen and oxygen atoms in total. The monoisotopic (exact) mass is 441 g/mol. The van der Waals surface area contributed by atoms with Crippen LogP contribution in [0, 0.1) is 0 Å². The number of aromatic nitrogens is 5. The Morgan fingerprint density at radius 3 is 2.64 bits per heavy atom. The van der Waals surface area contributed by atoms with Crippen molar-refractivity contribution in [2.75, 3.05) is 19.4 Å². The van der Waals surface area contributed by atoms with Gasteiger partial charge < -0.3 is 20.4 Å². The van der Waals surface area contributed by atoms with Crippen molar-refractivity contribution < 1.29 is 9.53 Å². The molecule has 0 atom stereocenters. The maximum absolute atomic E-state index is 13.0. The third kappa shape index (κ3) is 3.73. The van der Waals surface area contributed by atoms with Crippen LogP contribution in [0.15, 0.2) is 54.7 Å². The number of methoxy groups -OCH3 is 1. The van der Waals surface area contributed by atoms with Gasteiger partial charge in [-0.3, -0.25) is 9.89 Å². The number of hydrogen-bond acceptors (Lipinski definition) is 6. The molecule has 4 N–H and O–H groups in total. The van der Waals surface area contributed by atoms with Crippen LogP contribution in [0.3, 0.4) is 0 Å². The summed E-state index contributed by atoms with van der Waals surface area (Å²) in [5.41, 5.74) is 10.7. The molecule has 5 rings (SSSR count). The number of hydrogen-bond donors (Lipinski definition) is 3. The smallest absolute Gasteiger partial charge is 0.254 e. The lowest BCUT2D eigenvalue weighted by atomic mass is 10.1. The number of carbonyl (C=O) groups is 1. The molecular formula is C24H23N7O2. The Bertz CT molecular complexity index is 1440. The number of benzene rings is 2. The van der Waals surface area contributed by atoms with Gasteiger partial charge >= 0.3 is 0 Å². The Morgan fingerprint density at radius 1 is 1.12 bits per heavy atom. The Hall–Kier alpha value is -4.40. The minimum absolute atomic E-state index is 0.0831. The number of ether oxygens (including phenoxy) is 1. The van der Waals surface area contributed by atoms with E-state index in [2.05, 4.69) is 25.1 Å². The first-order valence-corrected chi connectivity index (χ1v) is 10.6. The number of fused-ring (bicyclic) bond motifs is 3. The van der Waals surface area contributed by atoms with Crippen LogP contribution in [-0.2, 0) is 6.54 Å². The highest BCUT2D eigenvalue weighted by Crippen LogP contribution is 2.29. The number of nitrogen functional groups attached to an aromatic ring is 1. The molecule has 0 aliphatic rings. The third-order valence-electron chi connectivity index (χ3n) is 5.65. The standard InChI is InChI=1S/C24H23N7O2/c1-3-31(24(32)14-4-7-16(33-2)8-5-14)13-20-28-21-17-9-6-15(18-10-11-26-30-18)12-19(17)27-23(25)22(21)29-20/h4-12H,3,13H2,1-2H3,(H2,25,27)(H,26,30)(H,28,29). The minimum Gasteiger partial charge on any atom is -0.497 e. The molecule has 9 heteroatoms. The van der Waals surface area contributed by atoms with E-state index < -0.39 is 0 Å². The predicted octanol–water partition coefficient (Wildman–Crippen LogP) is 3.75. The lowest BCUT2D eigenvalue weighted by molar-refractivity contribution is 0.0749. The summed E-state index contributed by atoms with van der Waals surface area (Å²) in [5, 5.41) is 7.95. The zero-order valence-electron chi connectivity index (χ0n) is 18.3. The summed E-state index contributed by atoms with van der Waals surface area (Å²) >= 11 is 0. The van der Waals surface area contributed by atoms with Crippen LogP contribution in [0.4, 0.5) is 5.82 Å². The second-order valence-corrected chi connectivity index (χ2v) is 7.64. The summed E-state index contributed by atoms with van der Waals surface area (Å²) in [6.07, 6.45) is 1.78. The number of nitrogens with one attached hydrogen (secondary N) is 2. The van der Waals surface area contributed by atoms with E-state index in [-0.39, 0.29) is 5.91 Å². The molecule has 0 spiro atoms. The Labute approximate surface area is 189 Å². The van der Waals surface area contributed by atoms with Gasteiger partial charge in [-0.05, 0) is 49.4 Å². The first-order valence-electron chi connectivity index (χ1n) is 10.6. The maximum atomic E-state index is 13.0. The van der Waals surface area contributed by atoms with Crippen molar-refractivity contribution in [1.82, 2.24) is 30.0 Å². The Morgan fingerprint density at radius 2 is 1.94 bits per heavy atom. The summed E-state index contributed by atoms with van der Waals surface area (Å²) in [7, 11) is 1.60. The van der Waals surface area contributed by atoms with Crippen LogP contribution in [0.2, 0.25) is 0 Å². The van der Waals surface area contributed by atoms with Gasteiger partial charge in [-0.1, -0.05) is 6.07 Å². The third-order valence-corrected chi connectivity index (χ3v) is 5.65. The number of nitrogens with zero attached hydrogens (tertiary/aromatic N) is 4. The summed E-state index contributed by atoms with van der Waals surface area (Å²) in [4.78, 5) is 27.3. The number of anilines is 1. The number of pyridine rings is 1. The molecular weight excluding hydrogens is 418 g/mol. The SMILES string of the molecule is CCN(Cc1nc2c(N)nc3cc(-c4cc[nH]n4)ccc3c2[nH]1)C(=O)c1ccc(OC)cc1. The van der Waals surface area contributed by atoms with E-state index in [0.717, 1.165) is 27.7 Å². The fourth-order valence-electron chi connectivity index (χ4n) is 3.90. The topological polar surface area (TPSA) is 126 Å².